The second-order valence-electron chi connectivity index (χ2n) is 4.38. The van der Waals surface area contributed by atoms with Crippen molar-refractivity contribution in [2.75, 3.05) is 6.26 Å². The van der Waals surface area contributed by atoms with Crippen LogP contribution in [0.1, 0.15) is 26.3 Å². The molecule has 1 unspecified atom stereocenters. The Morgan fingerprint density at radius 1 is 1.15 bits per heavy atom. The van der Waals surface area contributed by atoms with Gasteiger partial charge >= 0.3 is 0 Å². The molecule has 0 aliphatic heterocycles. The summed E-state index contributed by atoms with van der Waals surface area (Å²) in [5, 5.41) is 0. The first-order chi connectivity index (χ1) is 5.93. The van der Waals surface area contributed by atoms with Crippen LogP contribution in [0.15, 0.2) is 29.2 Å². The standard InChI is InChI=1S/C12H18S/c1-12(2,3)10-8-6-7-9-11(10)13(4)5/h6-9H,4H2,1-3,5H3. The topological polar surface area (TPSA) is 0 Å². The Bertz CT molecular complexity index is 318. The highest BCUT2D eigenvalue weighted by molar-refractivity contribution is 8.13. The smallest absolute Gasteiger partial charge is 0.00461 e. The quantitative estimate of drug-likeness (QED) is 0.598. The van der Waals surface area contributed by atoms with E-state index in [0.717, 1.165) is 0 Å². The summed E-state index contributed by atoms with van der Waals surface area (Å²) in [7, 11) is 0.113. The minimum Gasteiger partial charge on any atom is -0.165 e. The third kappa shape index (κ3) is 2.44. The lowest BCUT2D eigenvalue weighted by Crippen LogP contribution is -2.12. The van der Waals surface area contributed by atoms with E-state index in [9.17, 15) is 0 Å². The molecule has 0 heterocycles. The molecule has 0 nitrogen and oxygen atoms in total. The molecule has 1 aromatic carbocycles. The molecular weight excluding hydrogens is 176 g/mol. The fourth-order valence-corrected chi connectivity index (χ4v) is 2.45. The number of hydrogen-bond donors (Lipinski definition) is 0. The molecule has 0 aromatic heterocycles. The molecule has 0 N–H and O–H groups in total. The molecule has 0 aliphatic carbocycles. The molecule has 1 aromatic rings. The summed E-state index contributed by atoms with van der Waals surface area (Å²) in [5.41, 5.74) is 1.66. The van der Waals surface area contributed by atoms with E-state index in [1.807, 2.05) is 0 Å². The van der Waals surface area contributed by atoms with Gasteiger partial charge in [0.05, 0.1) is 0 Å². The summed E-state index contributed by atoms with van der Waals surface area (Å²) >= 11 is 0. The maximum atomic E-state index is 4.11. The summed E-state index contributed by atoms with van der Waals surface area (Å²) in [4.78, 5) is 1.40. The Balaban J connectivity index is 3.28. The molecule has 0 amide bonds. The van der Waals surface area contributed by atoms with Crippen LogP contribution in [0, 0.1) is 0 Å². The Kier molecular flexibility index (Phi) is 2.97. The summed E-state index contributed by atoms with van der Waals surface area (Å²) in [6.45, 7) is 6.75. The van der Waals surface area contributed by atoms with Gasteiger partial charge in [-0.25, -0.2) is 0 Å². The molecule has 72 valence electrons. The highest BCUT2D eigenvalue weighted by Crippen LogP contribution is 2.33. The van der Waals surface area contributed by atoms with Gasteiger partial charge in [0.1, 0.15) is 0 Å². The van der Waals surface area contributed by atoms with Crippen LogP contribution < -0.4 is 0 Å². The van der Waals surface area contributed by atoms with Crippen LogP contribution in [0.5, 0.6) is 0 Å². The van der Waals surface area contributed by atoms with Crippen molar-refractivity contribution in [3.8, 4) is 0 Å². The first kappa shape index (κ1) is 10.5. The van der Waals surface area contributed by atoms with E-state index in [2.05, 4.69) is 57.2 Å². The fourth-order valence-electron chi connectivity index (χ4n) is 1.39. The normalized spacial score (nSPS) is 14.2. The van der Waals surface area contributed by atoms with Crippen molar-refractivity contribution in [3.05, 3.63) is 29.8 Å². The molecule has 0 bridgehead atoms. The average Bonchev–Trinajstić information content (AvgIpc) is 2.03. The molecule has 0 radical (unpaired) electrons. The molecule has 1 heteroatoms. The van der Waals surface area contributed by atoms with Gasteiger partial charge < -0.3 is 0 Å². The van der Waals surface area contributed by atoms with Gasteiger partial charge in [-0.2, -0.15) is 10.5 Å². The summed E-state index contributed by atoms with van der Waals surface area (Å²) < 4.78 is 0. The van der Waals surface area contributed by atoms with Crippen molar-refractivity contribution in [2.45, 2.75) is 31.1 Å². The monoisotopic (exact) mass is 194 g/mol. The zero-order valence-corrected chi connectivity index (χ0v) is 9.74. The molecule has 0 saturated heterocycles. The van der Waals surface area contributed by atoms with E-state index < -0.39 is 0 Å². The Hall–Kier alpha value is -0.560. The molecular formula is C12H18S. The van der Waals surface area contributed by atoms with Crippen LogP contribution in [-0.4, -0.2) is 12.1 Å². The highest BCUT2D eigenvalue weighted by atomic mass is 32.2. The van der Waals surface area contributed by atoms with Crippen molar-refractivity contribution in [3.63, 3.8) is 0 Å². The second kappa shape index (κ2) is 3.67. The number of rotatable bonds is 1. The highest BCUT2D eigenvalue weighted by Gasteiger charge is 2.16. The predicted molar refractivity (Wildman–Crippen MR) is 64.0 cm³/mol. The van der Waals surface area contributed by atoms with Gasteiger partial charge in [0.2, 0.25) is 0 Å². The average molecular weight is 194 g/mol. The van der Waals surface area contributed by atoms with Crippen molar-refractivity contribution < 1.29 is 0 Å². The maximum Gasteiger partial charge on any atom is 0.00461 e. The van der Waals surface area contributed by atoms with Gasteiger partial charge in [0, 0.05) is 4.90 Å². The van der Waals surface area contributed by atoms with Crippen molar-refractivity contribution in [2.24, 2.45) is 0 Å². The Morgan fingerprint density at radius 3 is 2.08 bits per heavy atom. The molecule has 0 fully saturated rings. The third-order valence-corrected chi connectivity index (χ3v) is 3.18. The zero-order chi connectivity index (χ0) is 10.1. The second-order valence-corrected chi connectivity index (χ2v) is 6.10. The first-order valence-corrected chi connectivity index (χ1v) is 6.28. The minimum absolute atomic E-state index is 0.113. The Morgan fingerprint density at radius 2 is 1.69 bits per heavy atom. The lowest BCUT2D eigenvalue weighted by atomic mass is 9.87. The van der Waals surface area contributed by atoms with Gasteiger partial charge in [-0.05, 0) is 23.3 Å². The van der Waals surface area contributed by atoms with E-state index in [4.69, 9.17) is 0 Å². The minimum atomic E-state index is 0.113. The predicted octanol–water partition coefficient (Wildman–Crippen LogP) is 3.67. The Labute approximate surface area is 83.9 Å². The van der Waals surface area contributed by atoms with Crippen LogP contribution in [0.2, 0.25) is 0 Å². The van der Waals surface area contributed by atoms with E-state index in [1.165, 1.54) is 10.5 Å². The van der Waals surface area contributed by atoms with Gasteiger partial charge in [-0.3, -0.25) is 0 Å². The number of hydrogen-bond acceptors (Lipinski definition) is 0. The lowest BCUT2D eigenvalue weighted by Gasteiger charge is -2.23. The molecule has 0 aliphatic rings. The largest absolute Gasteiger partial charge is 0.165 e. The maximum absolute atomic E-state index is 4.11. The summed E-state index contributed by atoms with van der Waals surface area (Å²) in [5.74, 6) is 4.11. The van der Waals surface area contributed by atoms with Crippen molar-refractivity contribution >= 4 is 16.4 Å². The van der Waals surface area contributed by atoms with Crippen LogP contribution in [-0.2, 0) is 5.41 Å². The fraction of sp³-hybridized carbons (Fsp3) is 0.417. The van der Waals surface area contributed by atoms with Gasteiger partial charge in [0.25, 0.3) is 0 Å². The van der Waals surface area contributed by atoms with Crippen LogP contribution in [0.4, 0.5) is 0 Å². The van der Waals surface area contributed by atoms with Crippen LogP contribution in [0.25, 0.3) is 0 Å². The summed E-state index contributed by atoms with van der Waals surface area (Å²) in [6.07, 6.45) is 2.17. The van der Waals surface area contributed by atoms with E-state index >= 15 is 0 Å². The van der Waals surface area contributed by atoms with Crippen LogP contribution >= 0.6 is 10.5 Å². The summed E-state index contributed by atoms with van der Waals surface area (Å²) in [6, 6.07) is 8.61. The van der Waals surface area contributed by atoms with Gasteiger partial charge in [0.15, 0.2) is 0 Å². The third-order valence-electron chi connectivity index (χ3n) is 2.07. The van der Waals surface area contributed by atoms with E-state index in [0.29, 0.717) is 0 Å². The molecule has 0 spiro atoms. The molecule has 1 atom stereocenters. The van der Waals surface area contributed by atoms with Crippen molar-refractivity contribution in [1.82, 2.24) is 0 Å². The SMILES string of the molecule is C=S(C)c1ccccc1C(C)(C)C. The van der Waals surface area contributed by atoms with Gasteiger partial charge in [-0.1, -0.05) is 44.8 Å². The van der Waals surface area contributed by atoms with E-state index in [1.54, 1.807) is 0 Å². The van der Waals surface area contributed by atoms with E-state index in [-0.39, 0.29) is 15.9 Å². The zero-order valence-electron chi connectivity index (χ0n) is 8.92. The molecule has 0 saturated carbocycles. The van der Waals surface area contributed by atoms with Crippen molar-refractivity contribution in [1.29, 1.82) is 0 Å². The molecule has 13 heavy (non-hydrogen) atoms. The first-order valence-electron chi connectivity index (χ1n) is 4.48. The van der Waals surface area contributed by atoms with Crippen LogP contribution in [0.3, 0.4) is 0 Å². The number of benzene rings is 1. The van der Waals surface area contributed by atoms with Gasteiger partial charge in [-0.15, -0.1) is 0 Å². The lowest BCUT2D eigenvalue weighted by molar-refractivity contribution is 0.578. The molecule has 1 rings (SSSR count).